The molecule has 14 rings (SSSR count). The lowest BCUT2D eigenvalue weighted by Crippen LogP contribution is -2.28. The third-order valence-electron chi connectivity index (χ3n) is 17.3. The van der Waals surface area contributed by atoms with Crippen molar-refractivity contribution >= 4 is 17.8 Å². The average molecular weight is 1070 g/mol. The van der Waals surface area contributed by atoms with E-state index in [0.29, 0.717) is 23.8 Å². The fourth-order valence-corrected chi connectivity index (χ4v) is 12.7. The van der Waals surface area contributed by atoms with Crippen LogP contribution in [0.15, 0.2) is 182 Å². The molecule has 5 aliphatic carbocycles. The summed E-state index contributed by atoms with van der Waals surface area (Å²) in [6.07, 6.45) is 21.8. The predicted molar refractivity (Wildman–Crippen MR) is 331 cm³/mol. The van der Waals surface area contributed by atoms with Crippen molar-refractivity contribution in [3.63, 3.8) is 0 Å². The van der Waals surface area contributed by atoms with Gasteiger partial charge in [0.05, 0.1) is 17.1 Å². The van der Waals surface area contributed by atoms with Crippen molar-refractivity contribution in [3.8, 4) is 33.8 Å². The lowest BCUT2D eigenvalue weighted by atomic mass is 9.78. The normalized spacial score (nSPS) is 17.6. The lowest BCUT2D eigenvalue weighted by molar-refractivity contribution is 0.373. The Hall–Kier alpha value is -8.08. The van der Waals surface area contributed by atoms with Gasteiger partial charge in [-0.05, 0) is 141 Å². The van der Waals surface area contributed by atoms with Crippen LogP contribution in [-0.4, -0.2) is 74.6 Å². The first-order chi connectivity index (χ1) is 40.0. The summed E-state index contributed by atoms with van der Waals surface area (Å²) in [6.45, 7) is 3.01. The van der Waals surface area contributed by atoms with E-state index in [1.54, 1.807) is 0 Å². The van der Waals surface area contributed by atoms with Crippen LogP contribution >= 0.6 is 0 Å². The Balaban J connectivity index is 0.000000121. The molecule has 2 fully saturated rings. The van der Waals surface area contributed by atoms with Gasteiger partial charge in [-0.15, -0.1) is 0 Å². The van der Waals surface area contributed by atoms with E-state index in [1.807, 2.05) is 18.6 Å². The summed E-state index contributed by atoms with van der Waals surface area (Å²) >= 11 is 0. The van der Waals surface area contributed by atoms with E-state index in [2.05, 4.69) is 214 Å². The number of fused-ring (bicyclic) bond motifs is 9. The third-order valence-corrected chi connectivity index (χ3v) is 17.3. The molecule has 3 aromatic heterocycles. The number of anilines is 3. The molecule has 3 heterocycles. The highest BCUT2D eigenvalue weighted by molar-refractivity contribution is 5.75. The van der Waals surface area contributed by atoms with Crippen molar-refractivity contribution in [3.05, 3.63) is 232 Å². The van der Waals surface area contributed by atoms with Gasteiger partial charge < -0.3 is 20.9 Å². The molecular formula is C71H76N10. The van der Waals surface area contributed by atoms with E-state index in [-0.39, 0.29) is 0 Å². The highest BCUT2D eigenvalue weighted by Gasteiger charge is 2.31. The van der Waals surface area contributed by atoms with Crippen LogP contribution in [-0.2, 0) is 19.3 Å². The standard InChI is InChI=1S/C25H27N3.C24H28N4.C22H21N3/c1-3-9-18(10-4-1)16-26-25-27-17-20-15-23(19-11-5-2-6-12-19)21-13-7-8-14-22(21)24(20)28-25;1-28(2)15-9-8-14-25-24-26-17-19-16-22(18-10-4-3-5-11-18)20-12-6-7-13-21(20)23(19)27-24;1-2-7-15(8-3-1)20-13-16-14-23-22(24-17-9-6-10-17)25-21(16)19-12-5-4-11-18(19)20/h2,5-8,11-14,17-18,23H,1,3-4,9-10,15-16H2,(H,26,27,28);3-7,10-13,17,22H,8-9,14-16H2,1-2H3,(H,25,26,27);1-5,7-8,11-12,14,17,20H,6,9-10,13H2,(H,23,24,25). The van der Waals surface area contributed by atoms with Gasteiger partial charge in [0.2, 0.25) is 17.8 Å². The number of benzene rings is 6. The Labute approximate surface area is 479 Å². The Kier molecular flexibility index (Phi) is 16.9. The first-order valence-electron chi connectivity index (χ1n) is 29.9. The van der Waals surface area contributed by atoms with Gasteiger partial charge in [0.25, 0.3) is 0 Å². The summed E-state index contributed by atoms with van der Waals surface area (Å²) in [5.41, 5.74) is 18.9. The number of nitrogens with one attached hydrogen (secondary N) is 3. The van der Waals surface area contributed by atoms with E-state index in [4.69, 9.17) is 15.0 Å². The van der Waals surface area contributed by atoms with Gasteiger partial charge in [-0.2, -0.15) is 0 Å². The molecule has 0 aliphatic heterocycles. The molecular weight excluding hydrogens is 993 g/mol. The van der Waals surface area contributed by atoms with Crippen LogP contribution in [0.3, 0.4) is 0 Å². The highest BCUT2D eigenvalue weighted by Crippen LogP contribution is 2.45. The van der Waals surface area contributed by atoms with Crippen molar-refractivity contribution in [1.29, 1.82) is 0 Å². The van der Waals surface area contributed by atoms with Crippen molar-refractivity contribution in [2.75, 3.05) is 49.7 Å². The largest absolute Gasteiger partial charge is 0.354 e. The molecule has 0 amide bonds. The zero-order valence-corrected chi connectivity index (χ0v) is 47.2. The number of hydrogen-bond donors (Lipinski definition) is 3. The molecule has 6 aromatic carbocycles. The minimum absolute atomic E-state index is 0.360. The maximum Gasteiger partial charge on any atom is 0.223 e. The quantitative estimate of drug-likeness (QED) is 0.0909. The SMILES string of the molecule is CN(C)CCCCNc1ncc2c(n1)-c1ccccc1C(c1ccccc1)C2.c1ccc(C2Cc3cnc(NC4CCC4)nc3-c3ccccc32)cc1.c1ccc(C2Cc3cnc(NCC4CCCCC4)nc3-c3ccccc32)cc1. The molecule has 0 spiro atoms. The zero-order chi connectivity index (χ0) is 54.7. The van der Waals surface area contributed by atoms with Crippen LogP contribution < -0.4 is 16.0 Å². The third kappa shape index (κ3) is 12.6. The number of unbranched alkanes of at least 4 members (excludes halogenated alkanes) is 1. The van der Waals surface area contributed by atoms with Crippen molar-refractivity contribution in [2.24, 2.45) is 5.92 Å². The molecule has 81 heavy (non-hydrogen) atoms. The fourth-order valence-electron chi connectivity index (χ4n) is 12.7. The Morgan fingerprint density at radius 1 is 0.420 bits per heavy atom. The first kappa shape index (κ1) is 53.6. The first-order valence-corrected chi connectivity index (χ1v) is 29.9. The summed E-state index contributed by atoms with van der Waals surface area (Å²) in [7, 11) is 4.22. The van der Waals surface area contributed by atoms with Gasteiger partial charge in [0.1, 0.15) is 0 Å². The van der Waals surface area contributed by atoms with Crippen molar-refractivity contribution in [2.45, 2.75) is 107 Å². The number of rotatable bonds is 14. The second-order valence-corrected chi connectivity index (χ2v) is 23.1. The van der Waals surface area contributed by atoms with Crippen LogP contribution in [0.25, 0.3) is 33.8 Å². The monoisotopic (exact) mass is 1070 g/mol. The second-order valence-electron chi connectivity index (χ2n) is 23.1. The average Bonchev–Trinajstić information content (AvgIpc) is 3.56. The summed E-state index contributed by atoms with van der Waals surface area (Å²) in [5.74, 6) is 4.15. The minimum atomic E-state index is 0.360. The van der Waals surface area contributed by atoms with Crippen LogP contribution in [0.1, 0.15) is 132 Å². The maximum absolute atomic E-state index is 4.94. The molecule has 2 saturated carbocycles. The number of hydrogen-bond acceptors (Lipinski definition) is 10. The van der Waals surface area contributed by atoms with Gasteiger partial charge in [0, 0.05) is 72.2 Å². The van der Waals surface area contributed by atoms with E-state index in [0.717, 1.165) is 86.2 Å². The molecule has 10 heteroatoms. The van der Waals surface area contributed by atoms with Crippen molar-refractivity contribution in [1.82, 2.24) is 34.8 Å². The topological polar surface area (TPSA) is 117 Å². The fraction of sp³-hybridized carbons (Fsp3) is 0.324. The van der Waals surface area contributed by atoms with Crippen LogP contribution in [0.2, 0.25) is 0 Å². The van der Waals surface area contributed by atoms with E-state index in [1.165, 1.54) is 125 Å². The molecule has 3 N–H and O–H groups in total. The molecule has 10 nitrogen and oxygen atoms in total. The predicted octanol–water partition coefficient (Wildman–Crippen LogP) is 15.2. The minimum Gasteiger partial charge on any atom is -0.354 e. The van der Waals surface area contributed by atoms with Crippen LogP contribution in [0, 0.1) is 5.92 Å². The molecule has 5 aliphatic rings. The lowest BCUT2D eigenvalue weighted by Gasteiger charge is -2.29. The van der Waals surface area contributed by atoms with Gasteiger partial charge in [-0.3, -0.25) is 0 Å². The molecule has 0 bridgehead atoms. The molecule has 0 saturated heterocycles. The highest BCUT2D eigenvalue weighted by atomic mass is 15.1. The smallest absolute Gasteiger partial charge is 0.223 e. The maximum atomic E-state index is 4.94. The van der Waals surface area contributed by atoms with E-state index in [9.17, 15) is 0 Å². The van der Waals surface area contributed by atoms with Crippen LogP contribution in [0.5, 0.6) is 0 Å². The molecule has 0 radical (unpaired) electrons. The Morgan fingerprint density at radius 3 is 1.26 bits per heavy atom. The van der Waals surface area contributed by atoms with E-state index < -0.39 is 0 Å². The van der Waals surface area contributed by atoms with Crippen LogP contribution in [0.4, 0.5) is 17.8 Å². The van der Waals surface area contributed by atoms with Gasteiger partial charge in [0.15, 0.2) is 0 Å². The van der Waals surface area contributed by atoms with E-state index >= 15 is 0 Å². The molecule has 9 aromatic rings. The molecule has 3 atom stereocenters. The summed E-state index contributed by atoms with van der Waals surface area (Å²) in [6, 6.07) is 58.9. The summed E-state index contributed by atoms with van der Waals surface area (Å²) < 4.78 is 0. The summed E-state index contributed by atoms with van der Waals surface area (Å²) in [4.78, 5) is 30.8. The summed E-state index contributed by atoms with van der Waals surface area (Å²) in [5, 5.41) is 10.4. The van der Waals surface area contributed by atoms with Gasteiger partial charge in [-0.1, -0.05) is 183 Å². The van der Waals surface area contributed by atoms with Gasteiger partial charge >= 0.3 is 0 Å². The molecule has 3 unspecified atom stereocenters. The zero-order valence-electron chi connectivity index (χ0n) is 47.2. The van der Waals surface area contributed by atoms with Crippen molar-refractivity contribution < 1.29 is 0 Å². The number of aromatic nitrogens is 6. The number of nitrogens with zero attached hydrogens (tertiary/aromatic N) is 7. The molecule has 410 valence electrons. The van der Waals surface area contributed by atoms with Gasteiger partial charge in [-0.25, -0.2) is 29.9 Å². The Bertz CT molecular complexity index is 3500. The Morgan fingerprint density at radius 2 is 0.827 bits per heavy atom. The second kappa shape index (κ2) is 25.6.